The van der Waals surface area contributed by atoms with E-state index < -0.39 is 67.7 Å². The highest BCUT2D eigenvalue weighted by Crippen LogP contribution is 2.48. The second-order valence-electron chi connectivity index (χ2n) is 20.0. The molecule has 3 aromatic rings. The smallest absolute Gasteiger partial charge is 0.307 e. The predicted octanol–water partition coefficient (Wildman–Crippen LogP) is 5.58. The molecule has 16 nitrogen and oxygen atoms in total. The molecule has 0 spiro atoms. The number of nitrogens with zero attached hydrogens (tertiary/aromatic N) is 6. The Labute approximate surface area is 380 Å². The van der Waals surface area contributed by atoms with Gasteiger partial charge in [0.1, 0.15) is 28.8 Å². The number of para-hydroxylation sites is 1. The third-order valence-electron chi connectivity index (χ3n) is 13.4. The van der Waals surface area contributed by atoms with Gasteiger partial charge < -0.3 is 29.5 Å². The van der Waals surface area contributed by atoms with Gasteiger partial charge in [0.2, 0.25) is 21.8 Å². The van der Waals surface area contributed by atoms with Gasteiger partial charge in [-0.2, -0.15) is 4.98 Å². The molecule has 18 heteroatoms. The molecule has 0 radical (unpaired) electrons. The molecule has 3 amide bonds. The average molecular weight is 921 g/mol. The van der Waals surface area contributed by atoms with Crippen molar-refractivity contribution in [3.8, 4) is 17.3 Å². The number of benzene rings is 1. The van der Waals surface area contributed by atoms with Gasteiger partial charge in [-0.15, -0.1) is 11.3 Å². The number of carbonyl (C=O) groups is 4. The number of thiazole rings is 1. The minimum Gasteiger partial charge on any atom is -0.460 e. The van der Waals surface area contributed by atoms with Crippen LogP contribution >= 0.6 is 11.3 Å². The fourth-order valence-corrected chi connectivity index (χ4v) is 11.4. The van der Waals surface area contributed by atoms with E-state index in [9.17, 15) is 27.6 Å². The summed E-state index contributed by atoms with van der Waals surface area (Å²) in [5.41, 5.74) is 0.988. The maximum absolute atomic E-state index is 14.8. The van der Waals surface area contributed by atoms with Crippen LogP contribution in [0.15, 0.2) is 35.7 Å². The number of likely N-dealkylation sites (N-methyl/N-ethyl adjacent to an activating group) is 1. The Kier molecular flexibility index (Phi) is 12.7. The van der Waals surface area contributed by atoms with Gasteiger partial charge in [0.05, 0.1) is 28.9 Å². The number of anilines is 1. The van der Waals surface area contributed by atoms with Gasteiger partial charge in [0.15, 0.2) is 5.13 Å². The SMILES string of the molecule is CC(C)n1c(O[C@@H]2C[C@H]3C(=O)N[C@]4(C(=O)NS(=O)(=O)C5(C)CC5)C[C@H]4/C=C\CCCCC[C@H](CC(=O)OC(C)(C)C)C(=O)N3C2)nc2c(-c3csc(N4CCN(C)CC4)n3)cccc21. The number of hydrogen-bond acceptors (Lipinski definition) is 13. The van der Waals surface area contributed by atoms with Gasteiger partial charge in [-0.3, -0.25) is 28.5 Å². The summed E-state index contributed by atoms with van der Waals surface area (Å²) in [4.78, 5) is 73.2. The number of sulfonamides is 1. The van der Waals surface area contributed by atoms with E-state index in [-0.39, 0.29) is 37.8 Å². The molecule has 0 unspecified atom stereocenters. The maximum atomic E-state index is 14.8. The first kappa shape index (κ1) is 46.0. The van der Waals surface area contributed by atoms with Gasteiger partial charge in [0.25, 0.3) is 11.9 Å². The highest BCUT2D eigenvalue weighted by atomic mass is 32.2. The first-order valence-corrected chi connectivity index (χ1v) is 25.3. The van der Waals surface area contributed by atoms with Crippen molar-refractivity contribution in [2.75, 3.05) is 44.7 Å². The molecular weight excluding hydrogens is 857 g/mol. The number of allylic oxidation sites excluding steroid dienone is 1. The van der Waals surface area contributed by atoms with Crippen LogP contribution in [0.5, 0.6) is 6.01 Å². The molecule has 2 aromatic heterocycles. The summed E-state index contributed by atoms with van der Waals surface area (Å²) in [5, 5.41) is 5.99. The number of amides is 3. The number of fused-ring (bicyclic) bond motifs is 3. The largest absolute Gasteiger partial charge is 0.460 e. The normalized spacial score (nSPS) is 27.2. The van der Waals surface area contributed by atoms with Crippen LogP contribution in [-0.4, -0.2) is 124 Å². The maximum Gasteiger partial charge on any atom is 0.307 e. The van der Waals surface area contributed by atoms with E-state index in [0.29, 0.717) is 38.1 Å². The molecular formula is C46H64N8O8S2. The Morgan fingerprint density at radius 3 is 2.52 bits per heavy atom. The highest BCUT2D eigenvalue weighted by Gasteiger charge is 2.63. The zero-order valence-electron chi connectivity index (χ0n) is 38.2. The van der Waals surface area contributed by atoms with Gasteiger partial charge in [-0.25, -0.2) is 13.4 Å². The van der Waals surface area contributed by atoms with Crippen LogP contribution in [0, 0.1) is 11.8 Å². The van der Waals surface area contributed by atoms with Crippen molar-refractivity contribution in [3.05, 3.63) is 35.7 Å². The monoisotopic (exact) mass is 920 g/mol. The fourth-order valence-electron chi connectivity index (χ4n) is 9.23. The molecule has 5 atom stereocenters. The molecule has 1 aromatic carbocycles. The quantitative estimate of drug-likeness (QED) is 0.190. The van der Waals surface area contributed by atoms with Crippen LogP contribution in [0.3, 0.4) is 0 Å². The molecule has 2 aliphatic carbocycles. The minimum absolute atomic E-state index is 0.0195. The van der Waals surface area contributed by atoms with E-state index in [1.54, 1.807) is 39.0 Å². The Balaban J connectivity index is 1.11. The summed E-state index contributed by atoms with van der Waals surface area (Å²) in [5.74, 6) is -3.45. The van der Waals surface area contributed by atoms with Crippen molar-refractivity contribution in [1.29, 1.82) is 0 Å². The van der Waals surface area contributed by atoms with Crippen molar-refractivity contribution in [2.45, 2.75) is 140 Å². The van der Waals surface area contributed by atoms with Crippen molar-refractivity contribution in [2.24, 2.45) is 11.8 Å². The standard InChI is InChI=1S/C46H64N8O8S2/c1-29(2)54-35-17-13-16-33(34-28-63-43(47-34)52-22-20-51(7)21-23-52)38(35)48-42(54)61-32-25-36-39(56)49-46(41(58)50-64(59,60)45(6)18-19-45)26-31(46)15-12-10-8-9-11-14-30(40(57)53(36)27-32)24-37(55)62-44(3,4)5/h12-13,15-17,28-32,36H,8-11,14,18-27H2,1-7H3,(H,49,56)(H,50,58)/b15-12-/t30-,31-,32-,36+,46-/m1/s1. The van der Waals surface area contributed by atoms with Crippen molar-refractivity contribution >= 4 is 61.2 Å². The second-order valence-corrected chi connectivity index (χ2v) is 23.1. The summed E-state index contributed by atoms with van der Waals surface area (Å²) >= 11 is 1.61. The molecule has 5 aliphatic rings. The number of ether oxygens (including phenoxy) is 2. The van der Waals surface area contributed by atoms with Gasteiger partial charge >= 0.3 is 5.97 Å². The second kappa shape index (κ2) is 17.7. The lowest BCUT2D eigenvalue weighted by atomic mass is 9.95. The van der Waals surface area contributed by atoms with Crippen molar-refractivity contribution in [1.82, 2.24) is 34.4 Å². The van der Waals surface area contributed by atoms with E-state index in [0.717, 1.165) is 66.4 Å². The van der Waals surface area contributed by atoms with Crippen LogP contribution in [0.25, 0.3) is 22.3 Å². The van der Waals surface area contributed by atoms with Crippen molar-refractivity contribution < 1.29 is 37.1 Å². The number of piperazine rings is 1. The van der Waals surface area contributed by atoms with E-state index in [2.05, 4.69) is 32.3 Å². The molecule has 2 saturated carbocycles. The lowest BCUT2D eigenvalue weighted by molar-refractivity contribution is -0.159. The third-order valence-corrected chi connectivity index (χ3v) is 16.5. The molecule has 3 aliphatic heterocycles. The zero-order chi connectivity index (χ0) is 45.8. The number of rotatable bonds is 10. The summed E-state index contributed by atoms with van der Waals surface area (Å²) in [6.07, 6.45) is 7.61. The Morgan fingerprint density at radius 2 is 1.81 bits per heavy atom. The zero-order valence-corrected chi connectivity index (χ0v) is 39.9. The topological polar surface area (TPSA) is 185 Å². The number of aromatic nitrogens is 3. The van der Waals surface area contributed by atoms with Crippen LogP contribution in [0.4, 0.5) is 5.13 Å². The molecule has 64 heavy (non-hydrogen) atoms. The molecule has 0 bridgehead atoms. The summed E-state index contributed by atoms with van der Waals surface area (Å²) in [6.45, 7) is 14.8. The Hall–Kier alpha value is -4.55. The summed E-state index contributed by atoms with van der Waals surface area (Å²) < 4.78 is 42.3. The number of imidazole rings is 1. The lowest BCUT2D eigenvalue weighted by Crippen LogP contribution is -2.57. The Bertz CT molecular complexity index is 2410. The first-order chi connectivity index (χ1) is 30.3. The van der Waals surface area contributed by atoms with Crippen LogP contribution in [-0.2, 0) is 33.9 Å². The van der Waals surface area contributed by atoms with Crippen LogP contribution < -0.4 is 19.7 Å². The van der Waals surface area contributed by atoms with Crippen molar-refractivity contribution in [3.63, 3.8) is 0 Å². The van der Waals surface area contributed by atoms with E-state index in [4.69, 9.17) is 19.4 Å². The fraction of sp³-hybridized carbons (Fsp3) is 0.652. The highest BCUT2D eigenvalue weighted by molar-refractivity contribution is 7.91. The molecule has 5 heterocycles. The average Bonchev–Trinajstić information content (AvgIpc) is 3.90. The van der Waals surface area contributed by atoms with Gasteiger partial charge in [-0.1, -0.05) is 37.1 Å². The molecule has 2 saturated heterocycles. The molecule has 348 valence electrons. The molecule has 2 N–H and O–H groups in total. The number of esters is 1. The van der Waals surface area contributed by atoms with Gasteiger partial charge in [-0.05, 0) is 93.2 Å². The van der Waals surface area contributed by atoms with Gasteiger partial charge in [0, 0.05) is 61.4 Å². The van der Waals surface area contributed by atoms with E-state index in [1.165, 1.54) is 4.90 Å². The van der Waals surface area contributed by atoms with Crippen LogP contribution in [0.1, 0.15) is 112 Å². The van der Waals surface area contributed by atoms with E-state index in [1.807, 2.05) is 48.8 Å². The molecule has 8 rings (SSSR count). The number of nitrogens with one attached hydrogen (secondary N) is 2. The lowest BCUT2D eigenvalue weighted by Gasteiger charge is -2.32. The number of hydrogen-bond donors (Lipinski definition) is 2. The van der Waals surface area contributed by atoms with Crippen LogP contribution in [0.2, 0.25) is 0 Å². The summed E-state index contributed by atoms with van der Waals surface area (Å²) in [6, 6.07) is 5.16. The molecule has 4 fully saturated rings. The number of carbonyl (C=O) groups excluding carboxylic acids is 4. The summed E-state index contributed by atoms with van der Waals surface area (Å²) in [7, 11) is -1.87. The van der Waals surface area contributed by atoms with E-state index >= 15 is 0 Å². The first-order valence-electron chi connectivity index (χ1n) is 22.9. The third kappa shape index (κ3) is 9.55. The minimum atomic E-state index is -4.00. The Morgan fingerprint density at radius 1 is 1.06 bits per heavy atom. The predicted molar refractivity (Wildman–Crippen MR) is 245 cm³/mol.